The fourth-order valence-electron chi connectivity index (χ4n) is 1.48. The Labute approximate surface area is 67.7 Å². The SMILES string of the molecule is C=C(CC=O)CC1CCCN1. The summed E-state index contributed by atoms with van der Waals surface area (Å²) in [4.78, 5) is 10.1. The molecule has 2 heteroatoms. The van der Waals surface area contributed by atoms with Crippen LogP contribution in [-0.4, -0.2) is 18.9 Å². The van der Waals surface area contributed by atoms with Crippen LogP contribution in [0.5, 0.6) is 0 Å². The molecule has 2 nitrogen and oxygen atoms in total. The van der Waals surface area contributed by atoms with Gasteiger partial charge in [-0.15, -0.1) is 0 Å². The van der Waals surface area contributed by atoms with Crippen molar-refractivity contribution in [1.82, 2.24) is 5.32 Å². The average molecular weight is 153 g/mol. The summed E-state index contributed by atoms with van der Waals surface area (Å²) in [5.74, 6) is 0. The van der Waals surface area contributed by atoms with Crippen molar-refractivity contribution >= 4 is 6.29 Å². The van der Waals surface area contributed by atoms with Gasteiger partial charge in [-0.1, -0.05) is 12.2 Å². The zero-order chi connectivity index (χ0) is 8.10. The monoisotopic (exact) mass is 153 g/mol. The van der Waals surface area contributed by atoms with Crippen LogP contribution in [0.4, 0.5) is 0 Å². The van der Waals surface area contributed by atoms with E-state index in [0.29, 0.717) is 12.5 Å². The van der Waals surface area contributed by atoms with Crippen LogP contribution in [0.2, 0.25) is 0 Å². The molecule has 1 atom stereocenters. The van der Waals surface area contributed by atoms with E-state index in [-0.39, 0.29) is 0 Å². The minimum absolute atomic E-state index is 0.526. The second-order valence-electron chi connectivity index (χ2n) is 3.12. The summed E-state index contributed by atoms with van der Waals surface area (Å²) in [5, 5.41) is 3.37. The van der Waals surface area contributed by atoms with Crippen LogP contribution in [0.3, 0.4) is 0 Å². The molecule has 0 spiro atoms. The lowest BCUT2D eigenvalue weighted by molar-refractivity contribution is -0.107. The van der Waals surface area contributed by atoms with Gasteiger partial charge in [-0.2, -0.15) is 0 Å². The minimum Gasteiger partial charge on any atom is -0.314 e. The van der Waals surface area contributed by atoms with E-state index < -0.39 is 0 Å². The van der Waals surface area contributed by atoms with E-state index in [9.17, 15) is 4.79 Å². The van der Waals surface area contributed by atoms with Crippen molar-refractivity contribution in [3.63, 3.8) is 0 Å². The van der Waals surface area contributed by atoms with Crippen LogP contribution in [0.15, 0.2) is 12.2 Å². The van der Waals surface area contributed by atoms with E-state index in [1.165, 1.54) is 12.8 Å². The fourth-order valence-corrected chi connectivity index (χ4v) is 1.48. The van der Waals surface area contributed by atoms with Crippen molar-refractivity contribution in [1.29, 1.82) is 0 Å². The van der Waals surface area contributed by atoms with E-state index in [1.54, 1.807) is 0 Å². The Bertz CT molecular complexity index is 148. The van der Waals surface area contributed by atoms with E-state index in [4.69, 9.17) is 0 Å². The molecule has 0 bridgehead atoms. The minimum atomic E-state index is 0.526. The molecule has 1 heterocycles. The van der Waals surface area contributed by atoms with Gasteiger partial charge in [-0.05, 0) is 25.8 Å². The molecular weight excluding hydrogens is 138 g/mol. The second kappa shape index (κ2) is 4.29. The number of nitrogens with one attached hydrogen (secondary N) is 1. The third-order valence-electron chi connectivity index (χ3n) is 2.07. The Kier molecular flexibility index (Phi) is 3.30. The molecule has 0 saturated carbocycles. The summed E-state index contributed by atoms with van der Waals surface area (Å²) < 4.78 is 0. The molecule has 1 saturated heterocycles. The third-order valence-corrected chi connectivity index (χ3v) is 2.07. The molecule has 1 unspecified atom stereocenters. The van der Waals surface area contributed by atoms with Crippen LogP contribution in [-0.2, 0) is 4.79 Å². The highest BCUT2D eigenvalue weighted by molar-refractivity contribution is 5.53. The first-order valence-electron chi connectivity index (χ1n) is 4.16. The normalized spacial score (nSPS) is 23.5. The Morgan fingerprint density at radius 1 is 1.73 bits per heavy atom. The first kappa shape index (κ1) is 8.47. The van der Waals surface area contributed by atoms with Gasteiger partial charge < -0.3 is 10.1 Å². The van der Waals surface area contributed by atoms with E-state index in [1.807, 2.05) is 0 Å². The lowest BCUT2D eigenvalue weighted by Gasteiger charge is -2.09. The van der Waals surface area contributed by atoms with Crippen molar-refractivity contribution in [2.45, 2.75) is 31.7 Å². The van der Waals surface area contributed by atoms with Gasteiger partial charge in [-0.25, -0.2) is 0 Å². The molecule has 0 amide bonds. The number of rotatable bonds is 4. The summed E-state index contributed by atoms with van der Waals surface area (Å²) in [6.45, 7) is 4.96. The van der Waals surface area contributed by atoms with Gasteiger partial charge >= 0.3 is 0 Å². The largest absolute Gasteiger partial charge is 0.314 e. The van der Waals surface area contributed by atoms with Gasteiger partial charge in [0.15, 0.2) is 0 Å². The second-order valence-corrected chi connectivity index (χ2v) is 3.12. The molecule has 1 aliphatic heterocycles. The van der Waals surface area contributed by atoms with Gasteiger partial charge in [0.1, 0.15) is 6.29 Å². The molecule has 62 valence electrons. The van der Waals surface area contributed by atoms with Gasteiger partial charge in [0.2, 0.25) is 0 Å². The highest BCUT2D eigenvalue weighted by Gasteiger charge is 2.13. The molecule has 1 N–H and O–H groups in total. The molecule has 1 rings (SSSR count). The van der Waals surface area contributed by atoms with Gasteiger partial charge in [0.25, 0.3) is 0 Å². The summed E-state index contributed by atoms with van der Waals surface area (Å²) in [6, 6.07) is 0.586. The summed E-state index contributed by atoms with van der Waals surface area (Å²) in [7, 11) is 0. The quantitative estimate of drug-likeness (QED) is 0.487. The highest BCUT2D eigenvalue weighted by Crippen LogP contribution is 2.14. The molecule has 1 aliphatic rings. The summed E-state index contributed by atoms with van der Waals surface area (Å²) in [5.41, 5.74) is 1.06. The third kappa shape index (κ3) is 2.85. The molecule has 0 aromatic rings. The molecule has 11 heavy (non-hydrogen) atoms. The number of carbonyl (C=O) groups excluding carboxylic acids is 1. The van der Waals surface area contributed by atoms with Crippen LogP contribution < -0.4 is 5.32 Å². The molecule has 0 radical (unpaired) electrons. The van der Waals surface area contributed by atoms with Crippen LogP contribution >= 0.6 is 0 Å². The van der Waals surface area contributed by atoms with Crippen LogP contribution in [0.1, 0.15) is 25.7 Å². The molecule has 0 aliphatic carbocycles. The number of hydrogen-bond acceptors (Lipinski definition) is 2. The first-order chi connectivity index (χ1) is 5.33. The fraction of sp³-hybridized carbons (Fsp3) is 0.667. The van der Waals surface area contributed by atoms with Crippen molar-refractivity contribution in [2.75, 3.05) is 6.54 Å². The molecule has 1 fully saturated rings. The van der Waals surface area contributed by atoms with Crippen molar-refractivity contribution in [3.8, 4) is 0 Å². The average Bonchev–Trinajstić information content (AvgIpc) is 2.40. The highest BCUT2D eigenvalue weighted by atomic mass is 16.1. The summed E-state index contributed by atoms with van der Waals surface area (Å²) in [6.07, 6.45) is 4.92. The van der Waals surface area contributed by atoms with Gasteiger partial charge in [0, 0.05) is 12.5 Å². The Hall–Kier alpha value is -0.630. The lowest BCUT2D eigenvalue weighted by Crippen LogP contribution is -2.21. The Morgan fingerprint density at radius 3 is 3.09 bits per heavy atom. The van der Waals surface area contributed by atoms with E-state index >= 15 is 0 Å². The topological polar surface area (TPSA) is 29.1 Å². The maximum atomic E-state index is 10.1. The first-order valence-corrected chi connectivity index (χ1v) is 4.16. The Balaban J connectivity index is 2.18. The van der Waals surface area contributed by atoms with Gasteiger partial charge in [0.05, 0.1) is 0 Å². The lowest BCUT2D eigenvalue weighted by atomic mass is 10.0. The van der Waals surface area contributed by atoms with Crippen LogP contribution in [0.25, 0.3) is 0 Å². The molecule has 0 aromatic heterocycles. The maximum Gasteiger partial charge on any atom is 0.124 e. The molecular formula is C9H15NO. The zero-order valence-electron chi connectivity index (χ0n) is 6.81. The standard InChI is InChI=1S/C9H15NO/c1-8(4-6-11)7-9-3-2-5-10-9/h6,9-10H,1-5,7H2. The number of hydrogen-bond donors (Lipinski definition) is 1. The predicted octanol–water partition coefficient (Wildman–Crippen LogP) is 1.27. The van der Waals surface area contributed by atoms with Crippen molar-refractivity contribution < 1.29 is 4.79 Å². The van der Waals surface area contributed by atoms with E-state index in [2.05, 4.69) is 11.9 Å². The predicted molar refractivity (Wildman–Crippen MR) is 45.5 cm³/mol. The zero-order valence-corrected chi connectivity index (χ0v) is 6.81. The molecule has 0 aromatic carbocycles. The summed E-state index contributed by atoms with van der Waals surface area (Å²) >= 11 is 0. The van der Waals surface area contributed by atoms with Crippen molar-refractivity contribution in [3.05, 3.63) is 12.2 Å². The number of aldehydes is 1. The number of carbonyl (C=O) groups is 1. The van der Waals surface area contributed by atoms with Crippen LogP contribution in [0, 0.1) is 0 Å². The van der Waals surface area contributed by atoms with Gasteiger partial charge in [-0.3, -0.25) is 0 Å². The van der Waals surface area contributed by atoms with E-state index in [0.717, 1.165) is 24.8 Å². The van der Waals surface area contributed by atoms with Crippen molar-refractivity contribution in [2.24, 2.45) is 0 Å². The maximum absolute atomic E-state index is 10.1. The Morgan fingerprint density at radius 2 is 2.55 bits per heavy atom. The smallest absolute Gasteiger partial charge is 0.124 e.